The Hall–Kier alpha value is -0.980. The van der Waals surface area contributed by atoms with Gasteiger partial charge in [-0.25, -0.2) is 4.99 Å². The fraction of sp³-hybridized carbons (Fsp3) is 0.857. The second-order valence-electron chi connectivity index (χ2n) is 8.90. The molecule has 0 amide bonds. The summed E-state index contributed by atoms with van der Waals surface area (Å²) in [6.07, 6.45) is 1.09. The van der Waals surface area contributed by atoms with Crippen molar-refractivity contribution in [3.63, 3.8) is 0 Å². The third-order valence-electron chi connectivity index (χ3n) is 6.30. The zero-order valence-electron chi connectivity index (χ0n) is 19.8. The van der Waals surface area contributed by atoms with E-state index in [1.165, 1.54) is 0 Å². The molecule has 2 aliphatic rings. The van der Waals surface area contributed by atoms with Crippen LogP contribution in [-0.2, 0) is 18.3 Å². The Morgan fingerprint density at radius 1 is 1.23 bits per heavy atom. The number of aliphatic imine (C=N–C) groups is 1. The molecular weight excluding hydrogens is 507 g/mol. The van der Waals surface area contributed by atoms with Crippen LogP contribution in [0.15, 0.2) is 4.99 Å². The van der Waals surface area contributed by atoms with Crippen molar-refractivity contribution in [3.05, 3.63) is 11.6 Å². The van der Waals surface area contributed by atoms with Crippen molar-refractivity contribution in [1.82, 2.24) is 35.2 Å². The lowest BCUT2D eigenvalue weighted by molar-refractivity contribution is 0.0376. The Morgan fingerprint density at radius 2 is 1.97 bits per heavy atom. The number of aryl methyl sites for hydroxylation is 1. The maximum absolute atomic E-state index is 5.44. The summed E-state index contributed by atoms with van der Waals surface area (Å²) in [6.45, 7) is 17.3. The summed E-state index contributed by atoms with van der Waals surface area (Å²) in [5.74, 6) is 3.25. The number of aromatic nitrogens is 3. The Bertz CT molecular complexity index is 689. The predicted molar refractivity (Wildman–Crippen MR) is 135 cm³/mol. The summed E-state index contributed by atoms with van der Waals surface area (Å²) in [4.78, 5) is 9.84. The number of morpholine rings is 1. The molecule has 1 aromatic heterocycles. The van der Waals surface area contributed by atoms with Crippen molar-refractivity contribution in [1.29, 1.82) is 0 Å². The van der Waals surface area contributed by atoms with Crippen LogP contribution in [0.1, 0.15) is 38.8 Å². The maximum Gasteiger partial charge on any atom is 0.191 e. The molecule has 178 valence electrons. The van der Waals surface area contributed by atoms with E-state index in [9.17, 15) is 0 Å². The molecule has 2 atom stereocenters. The molecule has 1 aromatic rings. The van der Waals surface area contributed by atoms with Crippen LogP contribution in [-0.4, -0.2) is 95.1 Å². The van der Waals surface area contributed by atoms with Gasteiger partial charge in [0, 0.05) is 51.9 Å². The van der Waals surface area contributed by atoms with E-state index in [1.54, 1.807) is 0 Å². The molecule has 0 radical (unpaired) electrons. The second kappa shape index (κ2) is 12.9. The number of ether oxygens (including phenoxy) is 1. The second-order valence-corrected chi connectivity index (χ2v) is 8.90. The summed E-state index contributed by atoms with van der Waals surface area (Å²) in [7, 11) is 1.99. The molecular formula is C21H41IN8O. The van der Waals surface area contributed by atoms with Crippen LogP contribution in [0.3, 0.4) is 0 Å². The van der Waals surface area contributed by atoms with Crippen LogP contribution in [0.5, 0.6) is 0 Å². The number of hydrogen-bond donors (Lipinski definition) is 2. The smallest absolute Gasteiger partial charge is 0.191 e. The average Bonchev–Trinajstić information content (AvgIpc) is 3.26. The maximum atomic E-state index is 5.44. The number of rotatable bonds is 8. The molecule has 2 unspecified atom stereocenters. The number of guanidine groups is 1. The fourth-order valence-electron chi connectivity index (χ4n) is 4.01. The zero-order valence-corrected chi connectivity index (χ0v) is 22.1. The standard InChI is InChI=1S/C21H40N8O.HI/c1-16(2)29-14-17(3)19(15-29)24-21(23-13-20-26-25-18(4)27(20)5)22-7-6-8-28-9-11-30-12-10-28;/h16-17,19H,6-15H2,1-5H3,(H2,22,23,24);1H. The highest BCUT2D eigenvalue weighted by atomic mass is 127. The third-order valence-corrected chi connectivity index (χ3v) is 6.30. The van der Waals surface area contributed by atoms with Crippen molar-refractivity contribution in [3.8, 4) is 0 Å². The van der Waals surface area contributed by atoms with Gasteiger partial charge in [0.1, 0.15) is 12.4 Å². The largest absolute Gasteiger partial charge is 0.379 e. The first-order chi connectivity index (χ1) is 14.4. The van der Waals surface area contributed by atoms with Gasteiger partial charge in [-0.2, -0.15) is 0 Å². The van der Waals surface area contributed by atoms with Crippen LogP contribution in [0, 0.1) is 12.8 Å². The molecule has 3 heterocycles. The molecule has 2 fully saturated rings. The average molecular weight is 549 g/mol. The number of likely N-dealkylation sites (tertiary alicyclic amines) is 1. The number of halogens is 1. The van der Waals surface area contributed by atoms with Crippen molar-refractivity contribution in [2.45, 2.75) is 52.7 Å². The number of nitrogens with zero attached hydrogens (tertiary/aromatic N) is 6. The molecule has 10 heteroatoms. The zero-order chi connectivity index (χ0) is 21.5. The van der Waals surface area contributed by atoms with Gasteiger partial charge in [-0.1, -0.05) is 6.92 Å². The fourth-order valence-corrected chi connectivity index (χ4v) is 4.01. The van der Waals surface area contributed by atoms with E-state index in [0.717, 1.165) is 76.5 Å². The van der Waals surface area contributed by atoms with Crippen LogP contribution in [0.4, 0.5) is 0 Å². The van der Waals surface area contributed by atoms with E-state index < -0.39 is 0 Å². The van der Waals surface area contributed by atoms with Crippen LogP contribution in [0.2, 0.25) is 0 Å². The lowest BCUT2D eigenvalue weighted by atomic mass is 10.1. The molecule has 0 aliphatic carbocycles. The minimum Gasteiger partial charge on any atom is -0.379 e. The first kappa shape index (κ1) is 26.3. The summed E-state index contributed by atoms with van der Waals surface area (Å²) in [5.41, 5.74) is 0. The SMILES string of the molecule is Cc1nnc(CN=C(NCCCN2CCOCC2)NC2CN(C(C)C)CC2C)n1C.I. The van der Waals surface area contributed by atoms with E-state index in [-0.39, 0.29) is 24.0 Å². The Kier molecular flexibility index (Phi) is 10.9. The molecule has 0 spiro atoms. The summed E-state index contributed by atoms with van der Waals surface area (Å²) in [6, 6.07) is 0.974. The Morgan fingerprint density at radius 3 is 2.58 bits per heavy atom. The van der Waals surface area contributed by atoms with E-state index in [1.807, 2.05) is 18.5 Å². The minimum absolute atomic E-state index is 0. The molecule has 0 saturated carbocycles. The number of hydrogen-bond acceptors (Lipinski definition) is 6. The lowest BCUT2D eigenvalue weighted by Gasteiger charge is -2.26. The Balaban J connectivity index is 0.00000341. The molecule has 2 aliphatic heterocycles. The van der Waals surface area contributed by atoms with Gasteiger partial charge in [0.05, 0.1) is 13.2 Å². The van der Waals surface area contributed by atoms with Gasteiger partial charge in [0.15, 0.2) is 11.8 Å². The monoisotopic (exact) mass is 548 g/mol. The van der Waals surface area contributed by atoms with Crippen LogP contribution < -0.4 is 10.6 Å². The molecule has 0 aromatic carbocycles. The van der Waals surface area contributed by atoms with Crippen molar-refractivity contribution in [2.75, 3.05) is 52.5 Å². The summed E-state index contributed by atoms with van der Waals surface area (Å²) >= 11 is 0. The first-order valence-corrected chi connectivity index (χ1v) is 11.4. The van der Waals surface area contributed by atoms with Crippen LogP contribution in [0.25, 0.3) is 0 Å². The summed E-state index contributed by atoms with van der Waals surface area (Å²) < 4.78 is 7.43. The van der Waals surface area contributed by atoms with E-state index >= 15 is 0 Å². The van der Waals surface area contributed by atoms with Gasteiger partial charge >= 0.3 is 0 Å². The van der Waals surface area contributed by atoms with Gasteiger partial charge in [0.25, 0.3) is 0 Å². The van der Waals surface area contributed by atoms with Crippen molar-refractivity contribution in [2.24, 2.45) is 18.0 Å². The molecule has 3 rings (SSSR count). The van der Waals surface area contributed by atoms with Gasteiger partial charge in [0.2, 0.25) is 0 Å². The van der Waals surface area contributed by atoms with E-state index in [4.69, 9.17) is 9.73 Å². The number of nitrogens with one attached hydrogen (secondary N) is 2. The summed E-state index contributed by atoms with van der Waals surface area (Å²) in [5, 5.41) is 15.6. The highest BCUT2D eigenvalue weighted by Gasteiger charge is 2.31. The predicted octanol–water partition coefficient (Wildman–Crippen LogP) is 1.23. The van der Waals surface area contributed by atoms with E-state index in [2.05, 4.69) is 51.4 Å². The first-order valence-electron chi connectivity index (χ1n) is 11.4. The molecule has 31 heavy (non-hydrogen) atoms. The quantitative estimate of drug-likeness (QED) is 0.219. The van der Waals surface area contributed by atoms with Crippen LogP contribution >= 0.6 is 24.0 Å². The highest BCUT2D eigenvalue weighted by Crippen LogP contribution is 2.18. The van der Waals surface area contributed by atoms with Gasteiger partial charge < -0.3 is 19.9 Å². The van der Waals surface area contributed by atoms with Crippen molar-refractivity contribution < 1.29 is 4.74 Å². The molecule has 2 N–H and O–H groups in total. The van der Waals surface area contributed by atoms with Gasteiger partial charge in [-0.05, 0) is 39.7 Å². The highest BCUT2D eigenvalue weighted by molar-refractivity contribution is 14.0. The Labute approximate surface area is 204 Å². The van der Waals surface area contributed by atoms with E-state index in [0.29, 0.717) is 24.5 Å². The lowest BCUT2D eigenvalue weighted by Crippen LogP contribution is -2.47. The minimum atomic E-state index is 0. The molecule has 0 bridgehead atoms. The van der Waals surface area contributed by atoms with Gasteiger partial charge in [-0.3, -0.25) is 9.80 Å². The normalized spacial score (nSPS) is 23.2. The molecule has 9 nitrogen and oxygen atoms in total. The molecule has 2 saturated heterocycles. The van der Waals surface area contributed by atoms with Gasteiger partial charge in [-0.15, -0.1) is 34.2 Å². The van der Waals surface area contributed by atoms with Crippen molar-refractivity contribution >= 4 is 29.9 Å². The topological polar surface area (TPSA) is 82.8 Å². The third kappa shape index (κ3) is 7.83.